The summed E-state index contributed by atoms with van der Waals surface area (Å²) < 4.78 is 0. The Balaban J connectivity index is 1.46. The average molecular weight is 345 g/mol. The van der Waals surface area contributed by atoms with E-state index in [0.717, 1.165) is 30.8 Å². The summed E-state index contributed by atoms with van der Waals surface area (Å²) in [7, 11) is 0. The average Bonchev–Trinajstić information content (AvgIpc) is 3.09. The number of nitrogens with zero attached hydrogens (tertiary/aromatic N) is 2. The molecule has 128 valence electrons. The van der Waals surface area contributed by atoms with Gasteiger partial charge in [-0.1, -0.05) is 31.2 Å². The minimum absolute atomic E-state index is 0.206. The number of thiazole rings is 1. The van der Waals surface area contributed by atoms with E-state index in [1.54, 1.807) is 6.20 Å². The molecule has 0 saturated heterocycles. The Morgan fingerprint density at radius 3 is 2.96 bits per heavy atom. The lowest BCUT2D eigenvalue weighted by Gasteiger charge is -2.30. The van der Waals surface area contributed by atoms with Gasteiger partial charge in [0.05, 0.1) is 6.10 Å². The van der Waals surface area contributed by atoms with Crippen molar-refractivity contribution in [3.8, 4) is 0 Å². The molecule has 6 heteroatoms. The van der Waals surface area contributed by atoms with Crippen molar-refractivity contribution in [3.05, 3.63) is 51.5 Å². The van der Waals surface area contributed by atoms with Crippen molar-refractivity contribution in [2.75, 3.05) is 19.6 Å². The van der Waals surface area contributed by atoms with E-state index in [9.17, 15) is 9.90 Å². The van der Waals surface area contributed by atoms with Crippen molar-refractivity contribution in [2.45, 2.75) is 32.4 Å². The van der Waals surface area contributed by atoms with Crippen molar-refractivity contribution in [3.63, 3.8) is 0 Å². The van der Waals surface area contributed by atoms with Crippen LogP contribution in [0.3, 0.4) is 0 Å². The van der Waals surface area contributed by atoms with Crippen molar-refractivity contribution in [1.29, 1.82) is 0 Å². The molecule has 1 aliphatic rings. The van der Waals surface area contributed by atoms with Crippen molar-refractivity contribution < 1.29 is 9.90 Å². The molecule has 0 saturated carbocycles. The topological polar surface area (TPSA) is 65.5 Å². The van der Waals surface area contributed by atoms with E-state index in [1.807, 2.05) is 6.92 Å². The number of aliphatic hydroxyl groups is 1. The van der Waals surface area contributed by atoms with Crippen LogP contribution in [-0.2, 0) is 19.4 Å². The predicted molar refractivity (Wildman–Crippen MR) is 95.3 cm³/mol. The van der Waals surface area contributed by atoms with E-state index in [4.69, 9.17) is 0 Å². The van der Waals surface area contributed by atoms with Crippen molar-refractivity contribution >= 4 is 17.2 Å². The standard InChI is InChI=1S/C18H23N3O2S/c1-2-16-10-20-18(24-16)17(23)19-9-15(22)12-21-8-7-13-5-3-4-6-14(13)11-21/h3-6,10,15,22H,2,7-9,11-12H2,1H3,(H,19,23)/t15-/m0/s1. The second kappa shape index (κ2) is 7.88. The Kier molecular flexibility index (Phi) is 5.60. The van der Waals surface area contributed by atoms with E-state index >= 15 is 0 Å². The van der Waals surface area contributed by atoms with Gasteiger partial charge >= 0.3 is 0 Å². The van der Waals surface area contributed by atoms with E-state index in [1.165, 1.54) is 22.5 Å². The summed E-state index contributed by atoms with van der Waals surface area (Å²) in [6.45, 7) is 4.64. The second-order valence-electron chi connectivity index (χ2n) is 6.10. The maximum absolute atomic E-state index is 12.0. The highest BCUT2D eigenvalue weighted by molar-refractivity contribution is 7.13. The number of aliphatic hydroxyl groups excluding tert-OH is 1. The third-order valence-corrected chi connectivity index (χ3v) is 5.41. The minimum Gasteiger partial charge on any atom is -0.390 e. The SMILES string of the molecule is CCc1cnc(C(=O)NC[C@H](O)CN2CCc3ccccc3C2)s1. The maximum Gasteiger partial charge on any atom is 0.280 e. The number of β-amino-alcohol motifs (C(OH)–C–C–N with tert-alkyl or cyclic N) is 1. The lowest BCUT2D eigenvalue weighted by atomic mass is 10.00. The molecule has 2 aromatic rings. The molecule has 2 heterocycles. The predicted octanol–water partition coefficient (Wildman–Crippen LogP) is 1.85. The number of carbonyl (C=O) groups excluding carboxylic acids is 1. The summed E-state index contributed by atoms with van der Waals surface area (Å²) in [5, 5.41) is 13.5. The first-order chi connectivity index (χ1) is 11.7. The number of benzene rings is 1. The summed E-state index contributed by atoms with van der Waals surface area (Å²) in [5.74, 6) is -0.206. The molecular formula is C18H23N3O2S. The third-order valence-electron chi connectivity index (χ3n) is 4.27. The van der Waals surface area contributed by atoms with Crippen LogP contribution in [0.5, 0.6) is 0 Å². The van der Waals surface area contributed by atoms with Gasteiger partial charge in [-0.05, 0) is 24.0 Å². The number of fused-ring (bicyclic) bond motifs is 1. The van der Waals surface area contributed by atoms with Crippen LogP contribution in [0, 0.1) is 0 Å². The molecule has 2 N–H and O–H groups in total. The summed E-state index contributed by atoms with van der Waals surface area (Å²) in [5.41, 5.74) is 2.72. The van der Waals surface area contributed by atoms with Crippen LogP contribution in [0.25, 0.3) is 0 Å². The number of nitrogens with one attached hydrogen (secondary N) is 1. The van der Waals surface area contributed by atoms with Crippen LogP contribution >= 0.6 is 11.3 Å². The van der Waals surface area contributed by atoms with Crippen LogP contribution in [0.15, 0.2) is 30.5 Å². The van der Waals surface area contributed by atoms with Crippen LogP contribution in [0.4, 0.5) is 0 Å². The Morgan fingerprint density at radius 1 is 1.42 bits per heavy atom. The van der Waals surface area contributed by atoms with Crippen LogP contribution < -0.4 is 5.32 Å². The highest BCUT2D eigenvalue weighted by Gasteiger charge is 2.19. The van der Waals surface area contributed by atoms with Crippen LogP contribution in [0.1, 0.15) is 32.7 Å². The Morgan fingerprint density at radius 2 is 2.21 bits per heavy atom. The molecule has 3 rings (SSSR count). The molecule has 0 radical (unpaired) electrons. The Hall–Kier alpha value is -1.76. The first-order valence-corrected chi connectivity index (χ1v) is 9.17. The fourth-order valence-corrected chi connectivity index (χ4v) is 3.70. The second-order valence-corrected chi connectivity index (χ2v) is 7.22. The summed E-state index contributed by atoms with van der Waals surface area (Å²) >= 11 is 1.41. The van der Waals surface area contributed by atoms with E-state index in [-0.39, 0.29) is 12.5 Å². The molecule has 0 unspecified atom stereocenters. The molecule has 5 nitrogen and oxygen atoms in total. The van der Waals surface area contributed by atoms with Gasteiger partial charge in [-0.2, -0.15) is 0 Å². The molecule has 0 spiro atoms. The summed E-state index contributed by atoms with van der Waals surface area (Å²) in [4.78, 5) is 19.5. The summed E-state index contributed by atoms with van der Waals surface area (Å²) in [6, 6.07) is 8.43. The minimum atomic E-state index is -0.579. The first kappa shape index (κ1) is 17.1. The molecule has 0 aliphatic carbocycles. The monoisotopic (exact) mass is 345 g/mol. The summed E-state index contributed by atoms with van der Waals surface area (Å²) in [6.07, 6.45) is 3.05. The fraction of sp³-hybridized carbons (Fsp3) is 0.444. The number of carbonyl (C=O) groups is 1. The number of aryl methyl sites for hydroxylation is 1. The number of hydrogen-bond donors (Lipinski definition) is 2. The molecular weight excluding hydrogens is 322 g/mol. The Labute approximate surface area is 146 Å². The largest absolute Gasteiger partial charge is 0.390 e. The van der Waals surface area contributed by atoms with Gasteiger partial charge in [0.2, 0.25) is 0 Å². The molecule has 1 aromatic heterocycles. The quantitative estimate of drug-likeness (QED) is 0.839. The van der Waals surface area contributed by atoms with E-state index < -0.39 is 6.10 Å². The van der Waals surface area contributed by atoms with Gasteiger partial charge in [0.15, 0.2) is 5.01 Å². The number of hydrogen-bond acceptors (Lipinski definition) is 5. The van der Waals surface area contributed by atoms with E-state index in [2.05, 4.69) is 39.5 Å². The van der Waals surface area contributed by atoms with Gasteiger partial charge in [0.25, 0.3) is 5.91 Å². The lowest BCUT2D eigenvalue weighted by Crippen LogP contribution is -2.42. The highest BCUT2D eigenvalue weighted by atomic mass is 32.1. The Bertz CT molecular complexity index is 701. The van der Waals surface area contributed by atoms with E-state index in [0.29, 0.717) is 11.6 Å². The van der Waals surface area contributed by atoms with Gasteiger partial charge in [-0.15, -0.1) is 11.3 Å². The molecule has 1 atom stereocenters. The third kappa shape index (κ3) is 4.20. The number of amides is 1. The lowest BCUT2D eigenvalue weighted by molar-refractivity contribution is 0.0841. The van der Waals surface area contributed by atoms with Crippen molar-refractivity contribution in [1.82, 2.24) is 15.2 Å². The number of aromatic nitrogens is 1. The molecule has 24 heavy (non-hydrogen) atoms. The molecule has 0 bridgehead atoms. The smallest absolute Gasteiger partial charge is 0.280 e. The van der Waals surface area contributed by atoms with Crippen LogP contribution in [-0.4, -0.2) is 46.6 Å². The molecule has 0 fully saturated rings. The highest BCUT2D eigenvalue weighted by Crippen LogP contribution is 2.18. The zero-order valence-electron chi connectivity index (χ0n) is 13.9. The zero-order valence-corrected chi connectivity index (χ0v) is 14.7. The maximum atomic E-state index is 12.0. The van der Waals surface area contributed by atoms with Crippen molar-refractivity contribution in [2.24, 2.45) is 0 Å². The van der Waals surface area contributed by atoms with Gasteiger partial charge < -0.3 is 10.4 Å². The zero-order chi connectivity index (χ0) is 16.9. The first-order valence-electron chi connectivity index (χ1n) is 8.35. The molecule has 1 aromatic carbocycles. The molecule has 1 aliphatic heterocycles. The van der Waals surface area contributed by atoms with Crippen LogP contribution in [0.2, 0.25) is 0 Å². The van der Waals surface area contributed by atoms with Gasteiger partial charge in [-0.3, -0.25) is 9.69 Å². The van der Waals surface area contributed by atoms with Gasteiger partial charge in [0.1, 0.15) is 0 Å². The number of rotatable bonds is 6. The fourth-order valence-electron chi connectivity index (χ4n) is 2.93. The normalized spacial score (nSPS) is 15.8. The molecule has 1 amide bonds. The van der Waals surface area contributed by atoms with Gasteiger partial charge in [-0.25, -0.2) is 4.98 Å². The van der Waals surface area contributed by atoms with Gasteiger partial charge in [0, 0.05) is 37.3 Å².